The molecule has 19 heavy (non-hydrogen) atoms. The molecule has 2 rings (SSSR count). The number of alkyl halides is 5. The maximum absolute atomic E-state index is 13.3. The van der Waals surface area contributed by atoms with Gasteiger partial charge in [-0.1, -0.05) is 18.2 Å². The largest absolute Gasteiger partial charge is 0.458 e. The lowest BCUT2D eigenvalue weighted by molar-refractivity contribution is -0.289. The summed E-state index contributed by atoms with van der Waals surface area (Å²) in [5.41, 5.74) is -1.41. The first-order chi connectivity index (χ1) is 8.61. The highest BCUT2D eigenvalue weighted by Gasteiger charge is 2.59. The number of halogens is 5. The fraction of sp³-hybridized carbons (Fsp3) is 0.538. The summed E-state index contributed by atoms with van der Waals surface area (Å²) in [6, 6.07) is 4.27. The Bertz CT molecular complexity index is 474. The molecule has 1 aliphatic rings. The average Bonchev–Trinajstić information content (AvgIpc) is 3.08. The van der Waals surface area contributed by atoms with Gasteiger partial charge in [0.1, 0.15) is 0 Å². The van der Waals surface area contributed by atoms with E-state index in [0.717, 1.165) is 12.1 Å². The van der Waals surface area contributed by atoms with Crippen LogP contribution < -0.4 is 0 Å². The summed E-state index contributed by atoms with van der Waals surface area (Å²) < 4.78 is 63.5. The van der Waals surface area contributed by atoms with Crippen molar-refractivity contribution in [3.63, 3.8) is 0 Å². The number of hydrogen-bond donors (Lipinski definition) is 1. The van der Waals surface area contributed by atoms with Crippen LogP contribution in [0.1, 0.15) is 30.9 Å². The van der Waals surface area contributed by atoms with Crippen molar-refractivity contribution in [2.75, 3.05) is 0 Å². The Morgan fingerprint density at radius 1 is 1.16 bits per heavy atom. The van der Waals surface area contributed by atoms with E-state index in [9.17, 15) is 27.1 Å². The van der Waals surface area contributed by atoms with Crippen LogP contribution in [0.5, 0.6) is 0 Å². The smallest absolute Gasteiger partial charge is 0.392 e. The molecule has 1 aromatic carbocycles. The molecule has 1 aromatic rings. The van der Waals surface area contributed by atoms with Gasteiger partial charge in [0.15, 0.2) is 0 Å². The predicted molar refractivity (Wildman–Crippen MR) is 59.0 cm³/mol. The van der Waals surface area contributed by atoms with Crippen LogP contribution in [0.3, 0.4) is 0 Å². The van der Waals surface area contributed by atoms with E-state index in [1.807, 2.05) is 0 Å². The van der Waals surface area contributed by atoms with Crippen molar-refractivity contribution in [2.45, 2.75) is 43.4 Å². The van der Waals surface area contributed by atoms with Crippen LogP contribution in [-0.2, 0) is 11.3 Å². The Morgan fingerprint density at radius 3 is 2.16 bits per heavy atom. The van der Waals surface area contributed by atoms with Crippen LogP contribution in [0.15, 0.2) is 24.3 Å². The van der Waals surface area contributed by atoms with Crippen molar-refractivity contribution in [3.8, 4) is 0 Å². The lowest BCUT2D eigenvalue weighted by Crippen LogP contribution is -2.34. The molecule has 0 bridgehead atoms. The van der Waals surface area contributed by atoms with Crippen molar-refractivity contribution in [1.82, 2.24) is 0 Å². The Labute approximate surface area is 107 Å². The van der Waals surface area contributed by atoms with Crippen LogP contribution in [0.2, 0.25) is 0 Å². The minimum absolute atomic E-state index is 0.337. The standard InChI is InChI=1S/C13H13F5O/c1-8(19)11(5-6-11)9-3-2-4-10(7-9)12(14,15)13(16,17)18/h2-4,7-8,19H,5-6H2,1H3. The summed E-state index contributed by atoms with van der Waals surface area (Å²) in [7, 11) is 0. The van der Waals surface area contributed by atoms with E-state index < -0.39 is 29.2 Å². The number of rotatable bonds is 3. The molecule has 1 fully saturated rings. The summed E-state index contributed by atoms with van der Waals surface area (Å²) in [4.78, 5) is 0. The van der Waals surface area contributed by atoms with Gasteiger partial charge in [-0.25, -0.2) is 0 Å². The number of benzene rings is 1. The van der Waals surface area contributed by atoms with Crippen molar-refractivity contribution < 1.29 is 27.1 Å². The SMILES string of the molecule is CC(O)C1(c2cccc(C(F)(F)C(F)(F)F)c2)CC1. The maximum Gasteiger partial charge on any atom is 0.458 e. The third-order valence-corrected chi connectivity index (χ3v) is 3.74. The van der Waals surface area contributed by atoms with Gasteiger partial charge in [0.25, 0.3) is 0 Å². The second kappa shape index (κ2) is 4.16. The zero-order valence-corrected chi connectivity index (χ0v) is 10.1. The highest BCUT2D eigenvalue weighted by Crippen LogP contribution is 2.52. The molecule has 0 aliphatic heterocycles. The zero-order valence-electron chi connectivity index (χ0n) is 10.1. The molecule has 0 aromatic heterocycles. The van der Waals surface area contributed by atoms with Crippen LogP contribution in [0.25, 0.3) is 0 Å². The average molecular weight is 280 g/mol. The predicted octanol–water partition coefficient (Wildman–Crippen LogP) is 3.75. The molecule has 0 amide bonds. The van der Waals surface area contributed by atoms with Crippen molar-refractivity contribution >= 4 is 0 Å². The van der Waals surface area contributed by atoms with Gasteiger partial charge < -0.3 is 5.11 Å². The van der Waals surface area contributed by atoms with Gasteiger partial charge in [-0.05, 0) is 31.4 Å². The summed E-state index contributed by atoms with van der Waals surface area (Å²) in [5.74, 6) is -4.88. The molecule has 1 nitrogen and oxygen atoms in total. The van der Waals surface area contributed by atoms with Gasteiger partial charge in [-0.3, -0.25) is 0 Å². The monoisotopic (exact) mass is 280 g/mol. The lowest BCUT2D eigenvalue weighted by atomic mass is 9.89. The molecule has 0 radical (unpaired) electrons. The zero-order chi connectivity index (χ0) is 14.5. The van der Waals surface area contributed by atoms with Crippen LogP contribution in [-0.4, -0.2) is 17.4 Å². The Morgan fingerprint density at radius 2 is 1.74 bits per heavy atom. The Hall–Kier alpha value is -1.17. The summed E-state index contributed by atoms with van der Waals surface area (Å²) in [5, 5.41) is 9.64. The van der Waals surface area contributed by atoms with Gasteiger partial charge in [-0.2, -0.15) is 22.0 Å². The molecule has 1 aliphatic carbocycles. The van der Waals surface area contributed by atoms with Gasteiger partial charge in [0.2, 0.25) is 0 Å². The first kappa shape index (κ1) is 14.2. The molecule has 0 heterocycles. The first-order valence-electron chi connectivity index (χ1n) is 5.85. The van der Waals surface area contributed by atoms with Crippen LogP contribution in [0, 0.1) is 0 Å². The maximum atomic E-state index is 13.3. The van der Waals surface area contributed by atoms with Gasteiger partial charge in [-0.15, -0.1) is 0 Å². The van der Waals surface area contributed by atoms with Crippen LogP contribution in [0.4, 0.5) is 22.0 Å². The van der Waals surface area contributed by atoms with E-state index in [2.05, 4.69) is 0 Å². The van der Waals surface area contributed by atoms with E-state index in [0.29, 0.717) is 18.4 Å². The second-order valence-electron chi connectivity index (χ2n) is 4.99. The van der Waals surface area contributed by atoms with E-state index in [1.165, 1.54) is 19.1 Å². The topological polar surface area (TPSA) is 20.2 Å². The van der Waals surface area contributed by atoms with Gasteiger partial charge >= 0.3 is 12.1 Å². The van der Waals surface area contributed by atoms with E-state index in [-0.39, 0.29) is 0 Å². The highest BCUT2D eigenvalue weighted by molar-refractivity contribution is 5.37. The number of hydrogen-bond acceptors (Lipinski definition) is 1. The molecule has 0 spiro atoms. The summed E-state index contributed by atoms with van der Waals surface area (Å²) in [6.45, 7) is 1.52. The van der Waals surface area contributed by atoms with E-state index in [1.54, 1.807) is 0 Å². The molecule has 0 saturated heterocycles. The normalized spacial score (nSPS) is 20.2. The van der Waals surface area contributed by atoms with Crippen molar-refractivity contribution in [1.29, 1.82) is 0 Å². The molecule has 1 atom stereocenters. The van der Waals surface area contributed by atoms with E-state index >= 15 is 0 Å². The van der Waals surface area contributed by atoms with Gasteiger partial charge in [0, 0.05) is 11.0 Å². The third kappa shape index (κ3) is 2.22. The fourth-order valence-corrected chi connectivity index (χ4v) is 2.27. The van der Waals surface area contributed by atoms with Gasteiger partial charge in [0.05, 0.1) is 6.10 Å². The highest BCUT2D eigenvalue weighted by atomic mass is 19.4. The number of aliphatic hydroxyl groups excluding tert-OH is 1. The molecule has 1 N–H and O–H groups in total. The van der Waals surface area contributed by atoms with Crippen LogP contribution >= 0.6 is 0 Å². The summed E-state index contributed by atoms with van der Waals surface area (Å²) >= 11 is 0. The Balaban J connectivity index is 2.41. The van der Waals surface area contributed by atoms with E-state index in [4.69, 9.17) is 0 Å². The minimum atomic E-state index is -5.62. The first-order valence-corrected chi connectivity index (χ1v) is 5.85. The molecule has 6 heteroatoms. The molecular weight excluding hydrogens is 267 g/mol. The minimum Gasteiger partial charge on any atom is -0.392 e. The fourth-order valence-electron chi connectivity index (χ4n) is 2.27. The van der Waals surface area contributed by atoms with Crippen molar-refractivity contribution in [2.24, 2.45) is 0 Å². The molecular formula is C13H13F5O. The van der Waals surface area contributed by atoms with Crippen molar-refractivity contribution in [3.05, 3.63) is 35.4 Å². The molecule has 1 unspecified atom stereocenters. The molecule has 1 saturated carbocycles. The molecule has 106 valence electrons. The second-order valence-corrected chi connectivity index (χ2v) is 4.99. The number of aliphatic hydroxyl groups is 1. The Kier molecular flexibility index (Phi) is 3.12. The quantitative estimate of drug-likeness (QED) is 0.836. The lowest BCUT2D eigenvalue weighted by Gasteiger charge is -2.23. The summed E-state index contributed by atoms with van der Waals surface area (Å²) in [6.07, 6.45) is -5.22. The third-order valence-electron chi connectivity index (χ3n) is 3.74.